The van der Waals surface area contributed by atoms with Crippen LogP contribution in [0.4, 0.5) is 0 Å². The van der Waals surface area contributed by atoms with Crippen molar-refractivity contribution < 1.29 is 14.4 Å². The molecule has 0 aromatic rings. The molecule has 3 atom stereocenters. The molecule has 182 valence electrons. The van der Waals surface area contributed by atoms with E-state index < -0.39 is 12.0 Å². The number of hydrogen-bond donors (Lipinski definition) is 0. The van der Waals surface area contributed by atoms with Crippen LogP contribution in [0.3, 0.4) is 0 Å². The summed E-state index contributed by atoms with van der Waals surface area (Å²) in [6.45, 7) is 20.3. The fraction of sp³-hybridized carbons (Fsp3) is 0.885. The molecule has 0 rings (SSSR count). The second-order valence-electron chi connectivity index (χ2n) is 11.1. The molecule has 0 heterocycles. The summed E-state index contributed by atoms with van der Waals surface area (Å²) in [7, 11) is 3.73. The molecule has 0 saturated carbocycles. The molecule has 31 heavy (non-hydrogen) atoms. The van der Waals surface area contributed by atoms with Gasteiger partial charge in [-0.05, 0) is 51.5 Å². The lowest BCUT2D eigenvalue weighted by molar-refractivity contribution is -0.145. The number of rotatable bonds is 14. The number of amides is 1. The summed E-state index contributed by atoms with van der Waals surface area (Å²) in [4.78, 5) is 43.5. The summed E-state index contributed by atoms with van der Waals surface area (Å²) >= 11 is 0. The van der Waals surface area contributed by atoms with Gasteiger partial charge >= 0.3 is 0 Å². The summed E-state index contributed by atoms with van der Waals surface area (Å²) < 4.78 is 0. The van der Waals surface area contributed by atoms with E-state index in [0.29, 0.717) is 18.3 Å². The average Bonchev–Trinajstić information content (AvgIpc) is 2.65. The van der Waals surface area contributed by atoms with Gasteiger partial charge in [-0.3, -0.25) is 19.3 Å². The zero-order chi connectivity index (χ0) is 24.6. The Morgan fingerprint density at radius 3 is 1.52 bits per heavy atom. The number of hydrogen-bond acceptors (Lipinski definition) is 4. The third-order valence-corrected chi connectivity index (χ3v) is 6.32. The van der Waals surface area contributed by atoms with E-state index >= 15 is 0 Å². The Hall–Kier alpha value is -1.23. The van der Waals surface area contributed by atoms with E-state index in [-0.39, 0.29) is 47.8 Å². The minimum atomic E-state index is -0.436. The lowest BCUT2D eigenvalue weighted by atomic mass is 9.84. The first kappa shape index (κ1) is 29.8. The number of likely N-dealkylation sites (N-methyl/N-ethyl adjacent to an activating group) is 2. The van der Waals surface area contributed by atoms with Crippen LogP contribution in [0.5, 0.6) is 0 Å². The summed E-state index contributed by atoms with van der Waals surface area (Å²) in [6, 6.07) is -0.376. The molecule has 1 amide bonds. The van der Waals surface area contributed by atoms with Crippen LogP contribution in [0.15, 0.2) is 0 Å². The van der Waals surface area contributed by atoms with Crippen LogP contribution in [0.25, 0.3) is 0 Å². The average molecular weight is 439 g/mol. The fourth-order valence-corrected chi connectivity index (χ4v) is 4.00. The molecule has 0 N–H and O–H groups in total. The lowest BCUT2D eigenvalue weighted by Gasteiger charge is -2.35. The van der Waals surface area contributed by atoms with Crippen molar-refractivity contribution in [2.75, 3.05) is 14.1 Å². The third-order valence-electron chi connectivity index (χ3n) is 6.32. The van der Waals surface area contributed by atoms with Gasteiger partial charge in [0, 0.05) is 31.3 Å². The Bertz CT molecular complexity index is 581. The molecule has 0 saturated heterocycles. The number of carbonyl (C=O) groups is 3. The second kappa shape index (κ2) is 13.3. The molecule has 0 unspecified atom stereocenters. The molecule has 0 fully saturated rings. The molecule has 0 aliphatic rings. The molecular formula is C26H50N2O3. The van der Waals surface area contributed by atoms with Gasteiger partial charge in [-0.25, -0.2) is 0 Å². The van der Waals surface area contributed by atoms with Crippen LogP contribution in [0.2, 0.25) is 0 Å². The van der Waals surface area contributed by atoms with Gasteiger partial charge < -0.3 is 4.90 Å². The molecule has 0 aliphatic heterocycles. The number of ketones is 2. The lowest BCUT2D eigenvalue weighted by Crippen LogP contribution is -2.49. The van der Waals surface area contributed by atoms with Crippen molar-refractivity contribution in [3.05, 3.63) is 0 Å². The minimum absolute atomic E-state index is 0.0248. The smallest absolute Gasteiger partial charge is 0.226 e. The maximum Gasteiger partial charge on any atom is 0.226 e. The summed E-state index contributed by atoms with van der Waals surface area (Å²) in [6.07, 6.45) is 1.65. The van der Waals surface area contributed by atoms with E-state index in [0.717, 1.165) is 6.42 Å². The van der Waals surface area contributed by atoms with Crippen LogP contribution >= 0.6 is 0 Å². The highest BCUT2D eigenvalue weighted by Gasteiger charge is 2.36. The zero-order valence-corrected chi connectivity index (χ0v) is 22.4. The van der Waals surface area contributed by atoms with Crippen LogP contribution in [0, 0.1) is 29.6 Å². The van der Waals surface area contributed by atoms with Crippen molar-refractivity contribution >= 4 is 17.5 Å². The predicted octanol–water partition coefficient (Wildman–Crippen LogP) is 5.07. The maximum absolute atomic E-state index is 13.5. The Kier molecular flexibility index (Phi) is 12.8. The Labute approximate surface area is 192 Å². The highest BCUT2D eigenvalue weighted by Crippen LogP contribution is 2.25. The highest BCUT2D eigenvalue weighted by atomic mass is 16.2. The van der Waals surface area contributed by atoms with Gasteiger partial charge in [0.05, 0.1) is 12.1 Å². The largest absolute Gasteiger partial charge is 0.335 e. The first-order valence-corrected chi connectivity index (χ1v) is 12.2. The molecule has 5 heteroatoms. The normalized spacial score (nSPS) is 15.3. The summed E-state index contributed by atoms with van der Waals surface area (Å²) in [5.41, 5.74) is 0. The fourth-order valence-electron chi connectivity index (χ4n) is 4.00. The van der Waals surface area contributed by atoms with Gasteiger partial charge in [0.1, 0.15) is 0 Å². The highest BCUT2D eigenvalue weighted by molar-refractivity contribution is 5.93. The van der Waals surface area contributed by atoms with Gasteiger partial charge in [0.15, 0.2) is 11.6 Å². The van der Waals surface area contributed by atoms with Crippen molar-refractivity contribution in [2.45, 2.75) is 107 Å². The molecular weight excluding hydrogens is 388 g/mol. The van der Waals surface area contributed by atoms with Crippen molar-refractivity contribution in [3.8, 4) is 0 Å². The number of nitrogens with zero attached hydrogens (tertiary/aromatic N) is 2. The quantitative estimate of drug-likeness (QED) is 0.380. The first-order chi connectivity index (χ1) is 14.1. The van der Waals surface area contributed by atoms with Gasteiger partial charge in [0.2, 0.25) is 5.91 Å². The maximum atomic E-state index is 13.5. The van der Waals surface area contributed by atoms with Crippen molar-refractivity contribution in [1.29, 1.82) is 0 Å². The van der Waals surface area contributed by atoms with Crippen LogP contribution < -0.4 is 0 Å². The monoisotopic (exact) mass is 438 g/mol. The third kappa shape index (κ3) is 9.43. The molecule has 5 nitrogen and oxygen atoms in total. The van der Waals surface area contributed by atoms with Crippen LogP contribution in [-0.2, 0) is 14.4 Å². The number of carbonyl (C=O) groups excluding carboxylic acids is 3. The van der Waals surface area contributed by atoms with Crippen LogP contribution in [0.1, 0.15) is 88.5 Å². The zero-order valence-electron chi connectivity index (χ0n) is 22.4. The van der Waals surface area contributed by atoms with E-state index in [9.17, 15) is 14.4 Å². The number of Topliss-reactive ketones (excluding diaryl/α,β-unsaturated/α-hetero) is 2. The van der Waals surface area contributed by atoms with Crippen molar-refractivity contribution in [3.63, 3.8) is 0 Å². The molecule has 0 aliphatic carbocycles. The standard InChI is InChI=1S/C26H50N2O3/c1-16(2)13-22(27(11)20(9)10)24(29)15-21(18(5)6)26(31)28(12)23(14-17(3)4)25(30)19(7)8/h16-23H,13-15H2,1-12H3/t21-,22-,23-/m0/s1. The second-order valence-corrected chi connectivity index (χ2v) is 11.1. The van der Waals surface area contributed by atoms with Gasteiger partial charge in [0.25, 0.3) is 0 Å². The summed E-state index contributed by atoms with van der Waals surface area (Å²) in [5, 5.41) is 0. The van der Waals surface area contributed by atoms with Gasteiger partial charge in [-0.15, -0.1) is 0 Å². The SMILES string of the molecule is CC(C)C[C@@H](C(=O)C(C)C)N(C)C(=O)[C@@H](CC(=O)[C@H](CC(C)C)N(C)C(C)C)C(C)C. The minimum Gasteiger partial charge on any atom is -0.335 e. The molecule has 0 spiro atoms. The first-order valence-electron chi connectivity index (χ1n) is 12.2. The molecule has 0 radical (unpaired) electrons. The van der Waals surface area contributed by atoms with E-state index in [1.165, 1.54) is 0 Å². The van der Waals surface area contributed by atoms with E-state index in [2.05, 4.69) is 46.4 Å². The molecule has 0 aromatic carbocycles. The Morgan fingerprint density at radius 2 is 1.16 bits per heavy atom. The van der Waals surface area contributed by atoms with Gasteiger partial charge in [-0.2, -0.15) is 0 Å². The van der Waals surface area contributed by atoms with Crippen molar-refractivity contribution in [1.82, 2.24) is 9.80 Å². The van der Waals surface area contributed by atoms with E-state index in [1.54, 1.807) is 11.9 Å². The Morgan fingerprint density at radius 1 is 0.710 bits per heavy atom. The predicted molar refractivity (Wildman–Crippen MR) is 130 cm³/mol. The van der Waals surface area contributed by atoms with Crippen LogP contribution in [-0.4, -0.2) is 59.5 Å². The molecule has 0 aromatic heterocycles. The molecule has 0 bridgehead atoms. The van der Waals surface area contributed by atoms with E-state index in [4.69, 9.17) is 0 Å². The van der Waals surface area contributed by atoms with Crippen molar-refractivity contribution in [2.24, 2.45) is 29.6 Å². The topological polar surface area (TPSA) is 57.7 Å². The summed E-state index contributed by atoms with van der Waals surface area (Å²) in [5.74, 6) is 0.310. The van der Waals surface area contributed by atoms with E-state index in [1.807, 2.05) is 34.7 Å². The van der Waals surface area contributed by atoms with Gasteiger partial charge in [-0.1, -0.05) is 55.4 Å². The Balaban J connectivity index is 5.75.